The van der Waals surface area contributed by atoms with Crippen LogP contribution >= 0.6 is 15.9 Å². The normalized spacial score (nSPS) is 12.0. The molecule has 0 amide bonds. The molecule has 0 aliphatic rings. The summed E-state index contributed by atoms with van der Waals surface area (Å²) in [4.78, 5) is 4.30. The zero-order valence-corrected chi connectivity index (χ0v) is 35.3. The topological polar surface area (TPSA) is 97.7 Å². The van der Waals surface area contributed by atoms with Crippen LogP contribution in [0, 0.1) is 13.8 Å². The van der Waals surface area contributed by atoms with E-state index in [-0.39, 0.29) is 16.7 Å². The Morgan fingerprint density at radius 2 is 1.09 bits per heavy atom. The SMILES string of the molecule is COCCO.COCCOc1cc(C)ccc1OCCO[Si](C)(C)C(C)(C)C.Cc1ccc(OCCO[Si](C)(C)C(C)(C)C)c(Br)n1. The van der Waals surface area contributed by atoms with E-state index in [2.05, 4.69) is 93.4 Å². The molecule has 0 aliphatic heterocycles. The number of aryl methyl sites for hydroxylation is 2. The monoisotopic (exact) mass is 761 g/mol. The summed E-state index contributed by atoms with van der Waals surface area (Å²) in [5, 5.41) is 8.39. The lowest BCUT2D eigenvalue weighted by Crippen LogP contribution is -2.41. The Balaban J connectivity index is 0.000000797. The Morgan fingerprint density at radius 3 is 1.51 bits per heavy atom. The lowest BCUT2D eigenvalue weighted by atomic mass is 10.2. The van der Waals surface area contributed by atoms with E-state index >= 15 is 0 Å². The highest BCUT2D eigenvalue weighted by molar-refractivity contribution is 9.10. The molecule has 2 rings (SSSR count). The van der Waals surface area contributed by atoms with Gasteiger partial charge < -0.3 is 37.6 Å². The summed E-state index contributed by atoms with van der Waals surface area (Å²) in [6.07, 6.45) is 0. The molecule has 2 aromatic rings. The van der Waals surface area contributed by atoms with Crippen molar-refractivity contribution in [3.63, 3.8) is 0 Å². The second-order valence-electron chi connectivity index (χ2n) is 14.2. The Kier molecular flexibility index (Phi) is 21.5. The number of halogens is 1. The predicted molar refractivity (Wildman–Crippen MR) is 201 cm³/mol. The fourth-order valence-corrected chi connectivity index (χ4v) is 5.70. The molecule has 1 heterocycles. The summed E-state index contributed by atoms with van der Waals surface area (Å²) in [5.41, 5.74) is 2.11. The van der Waals surface area contributed by atoms with Crippen molar-refractivity contribution >= 4 is 32.6 Å². The van der Waals surface area contributed by atoms with Crippen LogP contribution in [-0.2, 0) is 18.3 Å². The van der Waals surface area contributed by atoms with E-state index in [0.29, 0.717) is 46.2 Å². The minimum Gasteiger partial charge on any atom is -0.488 e. The van der Waals surface area contributed by atoms with Crippen molar-refractivity contribution < 1.29 is 37.6 Å². The van der Waals surface area contributed by atoms with Crippen molar-refractivity contribution in [1.29, 1.82) is 0 Å². The average molecular weight is 763 g/mol. The first-order chi connectivity index (χ1) is 21.7. The molecule has 47 heavy (non-hydrogen) atoms. The van der Waals surface area contributed by atoms with Gasteiger partial charge in [0.15, 0.2) is 33.9 Å². The summed E-state index contributed by atoms with van der Waals surface area (Å²) in [7, 11) is -0.179. The predicted octanol–water partition coefficient (Wildman–Crippen LogP) is 8.60. The molecule has 0 saturated heterocycles. The number of methoxy groups -OCH3 is 2. The van der Waals surface area contributed by atoms with Crippen LogP contribution in [0.5, 0.6) is 17.2 Å². The molecular formula is C35H64BrNO8Si2. The van der Waals surface area contributed by atoms with E-state index in [0.717, 1.165) is 33.1 Å². The highest BCUT2D eigenvalue weighted by Gasteiger charge is 2.37. The van der Waals surface area contributed by atoms with Gasteiger partial charge in [-0.2, -0.15) is 0 Å². The molecule has 1 aromatic heterocycles. The standard InChI is InChI=1S/C18H32O4Si.C14H24BrNO2Si.C3H8O2/c1-15-8-9-16(17(14-15)21-11-10-19-5)20-12-13-22-23(6,7)18(2,3)4;1-11-7-8-12(13(15)16-11)17-9-10-18-19(5,6)14(2,3)4;1-5-3-2-4/h8-9,14H,10-13H2,1-7H3;7-8H,9-10H2,1-6H3;4H,2-3H2,1H3. The van der Waals surface area contributed by atoms with Gasteiger partial charge in [-0.15, -0.1) is 0 Å². The molecular weight excluding hydrogens is 698 g/mol. The molecule has 1 aromatic carbocycles. The van der Waals surface area contributed by atoms with Crippen molar-refractivity contribution in [3.05, 3.63) is 46.2 Å². The van der Waals surface area contributed by atoms with Gasteiger partial charge in [-0.1, -0.05) is 47.6 Å². The highest BCUT2D eigenvalue weighted by Crippen LogP contribution is 2.37. The van der Waals surface area contributed by atoms with Crippen molar-refractivity contribution in [1.82, 2.24) is 4.98 Å². The Morgan fingerprint density at radius 1 is 0.638 bits per heavy atom. The lowest BCUT2D eigenvalue weighted by Gasteiger charge is -2.36. The maximum atomic E-state index is 7.94. The van der Waals surface area contributed by atoms with E-state index in [4.69, 9.17) is 32.9 Å². The van der Waals surface area contributed by atoms with Gasteiger partial charge in [0.2, 0.25) is 0 Å². The van der Waals surface area contributed by atoms with E-state index in [1.54, 1.807) is 14.2 Å². The molecule has 12 heteroatoms. The summed E-state index contributed by atoms with van der Waals surface area (Å²) in [6, 6.07) is 9.82. The van der Waals surface area contributed by atoms with Gasteiger partial charge >= 0.3 is 0 Å². The molecule has 272 valence electrons. The molecule has 9 nitrogen and oxygen atoms in total. The summed E-state index contributed by atoms with van der Waals surface area (Å²) < 4.78 is 39.7. The molecule has 0 fully saturated rings. The van der Waals surface area contributed by atoms with Crippen molar-refractivity contribution in [2.75, 3.05) is 67.1 Å². The minimum absolute atomic E-state index is 0.122. The lowest BCUT2D eigenvalue weighted by molar-refractivity contribution is 0.135. The van der Waals surface area contributed by atoms with Crippen molar-refractivity contribution in [2.45, 2.75) is 91.7 Å². The van der Waals surface area contributed by atoms with Crippen LogP contribution in [0.2, 0.25) is 36.3 Å². The molecule has 1 N–H and O–H groups in total. The third kappa shape index (κ3) is 18.7. The van der Waals surface area contributed by atoms with Crippen LogP contribution in [0.3, 0.4) is 0 Å². The van der Waals surface area contributed by atoms with Gasteiger partial charge in [0, 0.05) is 19.9 Å². The fraction of sp³-hybridized carbons (Fsp3) is 0.686. The van der Waals surface area contributed by atoms with E-state index in [1.807, 2.05) is 44.2 Å². The first-order valence-corrected chi connectivity index (χ1v) is 22.8. The van der Waals surface area contributed by atoms with Crippen LogP contribution in [-0.4, -0.2) is 93.8 Å². The van der Waals surface area contributed by atoms with E-state index < -0.39 is 16.6 Å². The summed E-state index contributed by atoms with van der Waals surface area (Å²) in [6.45, 7) is 30.3. The third-order valence-electron chi connectivity index (χ3n) is 8.11. The van der Waals surface area contributed by atoms with Gasteiger partial charge in [-0.3, -0.25) is 0 Å². The van der Waals surface area contributed by atoms with Crippen molar-refractivity contribution in [3.8, 4) is 17.2 Å². The number of aliphatic hydroxyl groups is 1. The smallest absolute Gasteiger partial charge is 0.192 e. The zero-order chi connectivity index (χ0) is 36.3. The second kappa shape index (κ2) is 22.3. The Hall–Kier alpha value is -1.52. The van der Waals surface area contributed by atoms with Gasteiger partial charge in [-0.05, 0) is 95.9 Å². The van der Waals surface area contributed by atoms with Gasteiger partial charge in [0.1, 0.15) is 24.4 Å². The van der Waals surface area contributed by atoms with Crippen LogP contribution in [0.15, 0.2) is 34.9 Å². The summed E-state index contributed by atoms with van der Waals surface area (Å²) >= 11 is 3.40. The molecule has 0 bridgehead atoms. The number of ether oxygens (including phenoxy) is 5. The number of hydrogen-bond donors (Lipinski definition) is 1. The Bertz CT molecular complexity index is 1140. The fourth-order valence-electron chi connectivity index (χ4n) is 3.12. The highest BCUT2D eigenvalue weighted by atomic mass is 79.9. The van der Waals surface area contributed by atoms with Crippen LogP contribution < -0.4 is 14.2 Å². The zero-order valence-electron chi connectivity index (χ0n) is 31.7. The molecule has 0 unspecified atom stereocenters. The number of rotatable bonds is 16. The number of pyridine rings is 1. The molecule has 0 saturated carbocycles. The number of aromatic nitrogens is 1. The second-order valence-corrected chi connectivity index (χ2v) is 24.5. The van der Waals surface area contributed by atoms with Gasteiger partial charge in [-0.25, -0.2) is 4.98 Å². The number of nitrogens with zero attached hydrogens (tertiary/aromatic N) is 1. The van der Waals surface area contributed by atoms with Gasteiger partial charge in [0.25, 0.3) is 0 Å². The largest absolute Gasteiger partial charge is 0.488 e. The first kappa shape index (κ1) is 45.5. The average Bonchev–Trinajstić information content (AvgIpc) is 2.95. The number of benzene rings is 1. The number of aliphatic hydroxyl groups excluding tert-OH is 1. The molecule has 0 radical (unpaired) electrons. The first-order valence-electron chi connectivity index (χ1n) is 16.2. The Labute approximate surface area is 296 Å². The molecule has 0 aliphatic carbocycles. The maximum absolute atomic E-state index is 7.94. The quantitative estimate of drug-likeness (QED) is 0.102. The van der Waals surface area contributed by atoms with E-state index in [1.165, 1.54) is 0 Å². The molecule has 0 atom stereocenters. The van der Waals surface area contributed by atoms with Crippen LogP contribution in [0.4, 0.5) is 0 Å². The van der Waals surface area contributed by atoms with Crippen LogP contribution in [0.25, 0.3) is 0 Å². The summed E-state index contributed by atoms with van der Waals surface area (Å²) in [5.74, 6) is 2.28. The maximum Gasteiger partial charge on any atom is 0.192 e. The van der Waals surface area contributed by atoms with Crippen molar-refractivity contribution in [2.24, 2.45) is 0 Å². The van der Waals surface area contributed by atoms with Crippen LogP contribution in [0.1, 0.15) is 52.8 Å². The van der Waals surface area contributed by atoms with E-state index in [9.17, 15) is 0 Å². The minimum atomic E-state index is -1.72. The van der Waals surface area contributed by atoms with Gasteiger partial charge in [0.05, 0.1) is 33.0 Å². The number of hydrogen-bond acceptors (Lipinski definition) is 9. The third-order valence-corrected chi connectivity index (χ3v) is 17.8. The molecule has 0 spiro atoms.